The van der Waals surface area contributed by atoms with Gasteiger partial charge in [0, 0.05) is 31.9 Å². The van der Waals surface area contributed by atoms with E-state index in [2.05, 4.69) is 5.10 Å². The van der Waals surface area contributed by atoms with Crippen molar-refractivity contribution >= 4 is 11.9 Å². The van der Waals surface area contributed by atoms with Gasteiger partial charge in [-0.3, -0.25) is 14.3 Å². The highest BCUT2D eigenvalue weighted by Gasteiger charge is 2.39. The molecule has 1 aliphatic rings. The summed E-state index contributed by atoms with van der Waals surface area (Å²) in [7, 11) is 0. The van der Waals surface area contributed by atoms with Crippen molar-refractivity contribution in [2.24, 2.45) is 5.92 Å². The van der Waals surface area contributed by atoms with E-state index in [1.807, 2.05) is 6.92 Å². The van der Waals surface area contributed by atoms with Gasteiger partial charge in [0.2, 0.25) is 5.91 Å². The van der Waals surface area contributed by atoms with Gasteiger partial charge in [0.15, 0.2) is 0 Å². The van der Waals surface area contributed by atoms with Crippen LogP contribution in [0.1, 0.15) is 13.3 Å². The molecule has 110 valence electrons. The van der Waals surface area contributed by atoms with E-state index in [9.17, 15) is 9.59 Å². The van der Waals surface area contributed by atoms with Crippen LogP contribution >= 0.6 is 0 Å². The summed E-state index contributed by atoms with van der Waals surface area (Å²) >= 11 is 0. The largest absolute Gasteiger partial charge is 0.481 e. The van der Waals surface area contributed by atoms with Crippen LogP contribution < -0.4 is 0 Å². The molecule has 0 aliphatic carbocycles. The van der Waals surface area contributed by atoms with Crippen LogP contribution in [0.4, 0.5) is 0 Å². The zero-order valence-corrected chi connectivity index (χ0v) is 11.4. The van der Waals surface area contributed by atoms with Crippen molar-refractivity contribution in [2.45, 2.75) is 25.9 Å². The third kappa shape index (κ3) is 3.16. The summed E-state index contributed by atoms with van der Waals surface area (Å²) in [4.78, 5) is 25.0. The smallest absolute Gasteiger partial charge is 0.311 e. The summed E-state index contributed by atoms with van der Waals surface area (Å²) in [6, 6.07) is 1.43. The first-order chi connectivity index (χ1) is 9.63. The molecule has 7 nitrogen and oxygen atoms in total. The molecule has 2 heterocycles. The molecule has 1 saturated heterocycles. The minimum absolute atomic E-state index is 0.0650. The van der Waals surface area contributed by atoms with E-state index < -0.39 is 11.9 Å². The highest BCUT2D eigenvalue weighted by atomic mass is 16.5. The quantitative estimate of drug-likeness (QED) is 0.806. The van der Waals surface area contributed by atoms with Crippen LogP contribution in [0, 0.1) is 5.92 Å². The second kappa shape index (κ2) is 6.51. The zero-order valence-electron chi connectivity index (χ0n) is 11.4. The molecule has 0 bridgehead atoms. The third-order valence-electron chi connectivity index (χ3n) is 3.54. The number of amides is 1. The molecule has 1 N–H and O–H groups in total. The second-order valence-electron chi connectivity index (χ2n) is 4.75. The van der Waals surface area contributed by atoms with Gasteiger partial charge in [-0.05, 0) is 13.0 Å². The van der Waals surface area contributed by atoms with Gasteiger partial charge in [0.05, 0.1) is 19.3 Å². The van der Waals surface area contributed by atoms with Crippen molar-refractivity contribution in [3.63, 3.8) is 0 Å². The van der Waals surface area contributed by atoms with Gasteiger partial charge in [-0.15, -0.1) is 0 Å². The number of aromatic nitrogens is 2. The van der Waals surface area contributed by atoms with E-state index in [-0.39, 0.29) is 25.2 Å². The van der Waals surface area contributed by atoms with Crippen molar-refractivity contribution in [1.82, 2.24) is 14.7 Å². The van der Waals surface area contributed by atoms with Crippen LogP contribution in [0.25, 0.3) is 0 Å². The molecule has 2 unspecified atom stereocenters. The van der Waals surface area contributed by atoms with Gasteiger partial charge >= 0.3 is 5.97 Å². The first kappa shape index (κ1) is 14.5. The molecular formula is C13H19N3O4. The van der Waals surface area contributed by atoms with Crippen LogP contribution in [0.3, 0.4) is 0 Å². The van der Waals surface area contributed by atoms with Crippen molar-refractivity contribution in [3.8, 4) is 0 Å². The topological polar surface area (TPSA) is 84.7 Å². The summed E-state index contributed by atoms with van der Waals surface area (Å²) in [5.41, 5.74) is 0. The molecule has 1 aliphatic heterocycles. The fraction of sp³-hybridized carbons (Fsp3) is 0.615. The summed E-state index contributed by atoms with van der Waals surface area (Å²) in [5.74, 6) is -1.61. The molecular weight excluding hydrogens is 262 g/mol. The summed E-state index contributed by atoms with van der Waals surface area (Å²) in [5, 5.41) is 13.2. The summed E-state index contributed by atoms with van der Waals surface area (Å²) in [6.07, 6.45) is 3.76. The molecule has 0 spiro atoms. The van der Waals surface area contributed by atoms with Crippen LogP contribution in [0.5, 0.6) is 0 Å². The molecule has 0 radical (unpaired) electrons. The molecule has 0 aromatic carbocycles. The Morgan fingerprint density at radius 2 is 2.30 bits per heavy atom. The predicted octanol–water partition coefficient (Wildman–Crippen LogP) is 0.221. The Hall–Kier alpha value is -1.89. The molecule has 1 aromatic rings. The van der Waals surface area contributed by atoms with Crippen LogP contribution in [0.2, 0.25) is 0 Å². The molecule has 1 aromatic heterocycles. The van der Waals surface area contributed by atoms with E-state index in [0.717, 1.165) is 0 Å². The SMILES string of the molecule is CCN(C(=O)CCn1cccn1)C1COCC1C(=O)O. The lowest BCUT2D eigenvalue weighted by molar-refractivity contribution is -0.145. The Balaban J connectivity index is 1.96. The highest BCUT2D eigenvalue weighted by molar-refractivity contribution is 5.78. The van der Waals surface area contributed by atoms with Gasteiger partial charge < -0.3 is 14.7 Å². The number of hydrogen-bond acceptors (Lipinski definition) is 4. The number of carboxylic acid groups (broad SMARTS) is 1. The van der Waals surface area contributed by atoms with Crippen molar-refractivity contribution in [2.75, 3.05) is 19.8 Å². The zero-order chi connectivity index (χ0) is 14.5. The number of aliphatic carboxylic acids is 1. The fourth-order valence-corrected chi connectivity index (χ4v) is 2.47. The summed E-state index contributed by atoms with van der Waals surface area (Å²) in [6.45, 7) is 3.29. The minimum Gasteiger partial charge on any atom is -0.481 e. The van der Waals surface area contributed by atoms with Crippen molar-refractivity contribution < 1.29 is 19.4 Å². The number of rotatable bonds is 6. The standard InChI is InChI=1S/C13H19N3O4/c1-2-16(11-9-20-8-10(11)13(18)19)12(17)4-7-15-6-3-5-14-15/h3,5-6,10-11H,2,4,7-9H2,1H3,(H,18,19). The maximum Gasteiger partial charge on any atom is 0.311 e. The number of likely N-dealkylation sites (N-methyl/N-ethyl adjacent to an activating group) is 1. The Bertz CT molecular complexity index is 460. The lowest BCUT2D eigenvalue weighted by Crippen LogP contribution is -2.46. The number of carbonyl (C=O) groups excluding carboxylic acids is 1. The van der Waals surface area contributed by atoms with E-state index in [0.29, 0.717) is 19.5 Å². The average Bonchev–Trinajstić information content (AvgIpc) is 3.08. The van der Waals surface area contributed by atoms with E-state index in [1.54, 1.807) is 28.0 Å². The number of ether oxygens (including phenoxy) is 1. The number of carbonyl (C=O) groups is 2. The number of carboxylic acids is 1. The van der Waals surface area contributed by atoms with Gasteiger partial charge in [-0.2, -0.15) is 5.10 Å². The molecule has 2 atom stereocenters. The number of aryl methyl sites for hydroxylation is 1. The molecule has 20 heavy (non-hydrogen) atoms. The number of nitrogens with zero attached hydrogens (tertiary/aromatic N) is 3. The lowest BCUT2D eigenvalue weighted by Gasteiger charge is -2.29. The third-order valence-corrected chi connectivity index (χ3v) is 3.54. The lowest BCUT2D eigenvalue weighted by atomic mass is 10.0. The molecule has 2 rings (SSSR count). The Morgan fingerprint density at radius 3 is 2.90 bits per heavy atom. The molecule has 1 fully saturated rings. The van der Waals surface area contributed by atoms with Crippen molar-refractivity contribution in [3.05, 3.63) is 18.5 Å². The van der Waals surface area contributed by atoms with Gasteiger partial charge in [0.1, 0.15) is 5.92 Å². The average molecular weight is 281 g/mol. The molecule has 0 saturated carbocycles. The van der Waals surface area contributed by atoms with Crippen LogP contribution in [0.15, 0.2) is 18.5 Å². The fourth-order valence-electron chi connectivity index (χ4n) is 2.47. The van der Waals surface area contributed by atoms with Gasteiger partial charge in [-0.25, -0.2) is 0 Å². The first-order valence-electron chi connectivity index (χ1n) is 6.71. The van der Waals surface area contributed by atoms with Crippen molar-refractivity contribution in [1.29, 1.82) is 0 Å². The molecule has 7 heteroatoms. The molecule has 1 amide bonds. The monoisotopic (exact) mass is 281 g/mol. The highest BCUT2D eigenvalue weighted by Crippen LogP contribution is 2.20. The Labute approximate surface area is 117 Å². The summed E-state index contributed by atoms with van der Waals surface area (Å²) < 4.78 is 6.91. The van der Waals surface area contributed by atoms with E-state index in [4.69, 9.17) is 9.84 Å². The first-order valence-corrected chi connectivity index (χ1v) is 6.71. The van der Waals surface area contributed by atoms with Gasteiger partial charge in [-0.1, -0.05) is 0 Å². The van der Waals surface area contributed by atoms with E-state index in [1.165, 1.54) is 0 Å². The van der Waals surface area contributed by atoms with Gasteiger partial charge in [0.25, 0.3) is 0 Å². The Morgan fingerprint density at radius 1 is 1.50 bits per heavy atom. The Kier molecular flexibility index (Phi) is 4.73. The van der Waals surface area contributed by atoms with Crippen LogP contribution in [-0.2, 0) is 20.9 Å². The number of hydrogen-bond donors (Lipinski definition) is 1. The predicted molar refractivity (Wildman–Crippen MR) is 70.0 cm³/mol. The van der Waals surface area contributed by atoms with Crippen LogP contribution in [-0.4, -0.2) is 57.5 Å². The maximum absolute atomic E-state index is 12.3. The van der Waals surface area contributed by atoms with E-state index >= 15 is 0 Å². The normalized spacial score (nSPS) is 21.9. The minimum atomic E-state index is -0.911. The maximum atomic E-state index is 12.3. The second-order valence-corrected chi connectivity index (χ2v) is 4.75.